The number of ketones is 1. The molecule has 0 spiro atoms. The zero-order chi connectivity index (χ0) is 17.5. The maximum atomic E-state index is 11.7. The minimum atomic E-state index is 0.279. The summed E-state index contributed by atoms with van der Waals surface area (Å²) in [4.78, 5) is 11.7. The molecule has 0 fully saturated rings. The third-order valence-electron chi connectivity index (χ3n) is 3.60. The summed E-state index contributed by atoms with van der Waals surface area (Å²) in [5.74, 6) is 0.707. The molecule has 0 saturated heterocycles. The van der Waals surface area contributed by atoms with E-state index >= 15 is 0 Å². The number of aryl methyl sites for hydroxylation is 3. The molecule has 0 amide bonds. The molecule has 0 N–H and O–H groups in total. The van der Waals surface area contributed by atoms with Crippen LogP contribution in [0.2, 0.25) is 0 Å². The van der Waals surface area contributed by atoms with Crippen LogP contribution in [0.5, 0.6) is 0 Å². The van der Waals surface area contributed by atoms with Gasteiger partial charge in [-0.15, -0.1) is 0 Å². The van der Waals surface area contributed by atoms with Crippen LogP contribution in [-0.4, -0.2) is 5.78 Å². The second-order valence-corrected chi connectivity index (χ2v) is 5.31. The van der Waals surface area contributed by atoms with E-state index < -0.39 is 0 Å². The highest BCUT2D eigenvalue weighted by molar-refractivity contribution is 5.80. The van der Waals surface area contributed by atoms with E-state index in [-0.39, 0.29) is 5.92 Å². The van der Waals surface area contributed by atoms with Crippen molar-refractivity contribution in [2.24, 2.45) is 5.92 Å². The van der Waals surface area contributed by atoms with Crippen molar-refractivity contribution in [2.75, 3.05) is 0 Å². The molecule has 0 bridgehead atoms. The quantitative estimate of drug-likeness (QED) is 0.549. The summed E-state index contributed by atoms with van der Waals surface area (Å²) < 4.78 is 0. The van der Waals surface area contributed by atoms with E-state index in [9.17, 15) is 4.79 Å². The van der Waals surface area contributed by atoms with Gasteiger partial charge in [0.05, 0.1) is 0 Å². The van der Waals surface area contributed by atoms with E-state index in [4.69, 9.17) is 0 Å². The van der Waals surface area contributed by atoms with Gasteiger partial charge in [0.2, 0.25) is 0 Å². The maximum absolute atomic E-state index is 11.7. The Hall–Kier alpha value is -1.11. The van der Waals surface area contributed by atoms with E-state index in [1.165, 1.54) is 16.7 Å². The van der Waals surface area contributed by atoms with Crippen molar-refractivity contribution in [2.45, 2.75) is 87.5 Å². The van der Waals surface area contributed by atoms with Crippen LogP contribution in [0, 0.1) is 19.8 Å². The average Bonchev–Trinajstić information content (AvgIpc) is 2.54. The van der Waals surface area contributed by atoms with Crippen molar-refractivity contribution in [3.05, 3.63) is 34.9 Å². The number of carbonyl (C=O) groups is 1. The van der Waals surface area contributed by atoms with Crippen LogP contribution in [0.15, 0.2) is 18.2 Å². The van der Waals surface area contributed by atoms with Crippen molar-refractivity contribution < 1.29 is 4.79 Å². The van der Waals surface area contributed by atoms with E-state index in [2.05, 4.69) is 39.0 Å². The first kappa shape index (κ1) is 23.2. The first-order chi connectivity index (χ1) is 10.6. The van der Waals surface area contributed by atoms with Crippen molar-refractivity contribution >= 4 is 5.78 Å². The summed E-state index contributed by atoms with van der Waals surface area (Å²) in [5.41, 5.74) is 4.08. The Bertz CT molecular complexity index is 373. The highest BCUT2D eigenvalue weighted by Crippen LogP contribution is 2.17. The van der Waals surface area contributed by atoms with E-state index in [0.29, 0.717) is 12.2 Å². The summed E-state index contributed by atoms with van der Waals surface area (Å²) in [6.07, 6.45) is 4.92. The van der Waals surface area contributed by atoms with E-state index in [1.54, 1.807) is 0 Å². The third kappa shape index (κ3) is 9.76. The third-order valence-corrected chi connectivity index (χ3v) is 3.60. The molecule has 0 aromatic heterocycles. The lowest BCUT2D eigenvalue weighted by Crippen LogP contribution is -2.12. The molecule has 22 heavy (non-hydrogen) atoms. The van der Waals surface area contributed by atoms with Crippen molar-refractivity contribution in [3.8, 4) is 0 Å². The molecule has 1 aromatic rings. The zero-order valence-corrected chi connectivity index (χ0v) is 16.3. The molecule has 1 atom stereocenters. The lowest BCUT2D eigenvalue weighted by atomic mass is 9.92. The molecule has 0 heterocycles. The molecule has 1 aromatic carbocycles. The fourth-order valence-electron chi connectivity index (χ4n) is 2.65. The lowest BCUT2D eigenvalue weighted by Gasteiger charge is -2.12. The van der Waals surface area contributed by atoms with Crippen LogP contribution in [0.1, 0.15) is 83.9 Å². The molecule has 1 rings (SSSR count). The predicted molar refractivity (Wildman–Crippen MR) is 101 cm³/mol. The van der Waals surface area contributed by atoms with Gasteiger partial charge in [0.1, 0.15) is 5.78 Å². The Balaban J connectivity index is 0. The van der Waals surface area contributed by atoms with Gasteiger partial charge in [-0.3, -0.25) is 4.79 Å². The Morgan fingerprint density at radius 1 is 0.955 bits per heavy atom. The van der Waals surface area contributed by atoms with Gasteiger partial charge in [-0.05, 0) is 45.1 Å². The van der Waals surface area contributed by atoms with Crippen LogP contribution in [0.4, 0.5) is 0 Å². The van der Waals surface area contributed by atoms with Gasteiger partial charge in [0.15, 0.2) is 0 Å². The second-order valence-electron chi connectivity index (χ2n) is 5.31. The Morgan fingerprint density at radius 2 is 1.45 bits per heavy atom. The van der Waals surface area contributed by atoms with E-state index in [0.717, 1.165) is 25.7 Å². The largest absolute Gasteiger partial charge is 0.299 e. The van der Waals surface area contributed by atoms with Crippen molar-refractivity contribution in [1.29, 1.82) is 0 Å². The van der Waals surface area contributed by atoms with Crippen molar-refractivity contribution in [1.82, 2.24) is 0 Å². The lowest BCUT2D eigenvalue weighted by molar-refractivity contribution is -0.122. The summed E-state index contributed by atoms with van der Waals surface area (Å²) >= 11 is 0. The fraction of sp³-hybridized carbons (Fsp3) is 0.667. The van der Waals surface area contributed by atoms with Gasteiger partial charge in [-0.2, -0.15) is 0 Å². The molecule has 1 unspecified atom stereocenters. The second kappa shape index (κ2) is 14.8. The highest BCUT2D eigenvalue weighted by Gasteiger charge is 2.13. The molecular formula is C21H38O. The van der Waals surface area contributed by atoms with Gasteiger partial charge < -0.3 is 0 Å². The molecule has 0 saturated carbocycles. The van der Waals surface area contributed by atoms with Gasteiger partial charge in [0, 0.05) is 12.3 Å². The number of rotatable bonds is 7. The SMILES string of the molecule is CC.CC.CCC(=O)C(CC)CCCc1cc(C)cc(C)c1. The van der Waals surface area contributed by atoms with E-state index in [1.807, 2.05) is 34.6 Å². The summed E-state index contributed by atoms with van der Waals surface area (Å²) in [7, 11) is 0. The molecular weight excluding hydrogens is 268 g/mol. The van der Waals surface area contributed by atoms with Gasteiger partial charge in [0.25, 0.3) is 0 Å². The smallest absolute Gasteiger partial charge is 0.135 e. The van der Waals surface area contributed by atoms with Gasteiger partial charge in [-0.25, -0.2) is 0 Å². The minimum Gasteiger partial charge on any atom is -0.299 e. The predicted octanol–water partition coefficient (Wildman–Crippen LogP) is 6.68. The number of hydrogen-bond donors (Lipinski definition) is 0. The van der Waals surface area contributed by atoms with Crippen LogP contribution >= 0.6 is 0 Å². The van der Waals surface area contributed by atoms with Crippen molar-refractivity contribution in [3.63, 3.8) is 0 Å². The summed E-state index contributed by atoms with van der Waals surface area (Å²) in [6.45, 7) is 16.4. The standard InChI is InChI=1S/C17H26O.2C2H6/c1-5-16(17(18)6-2)9-7-8-15-11-13(3)10-14(4)12-15;2*1-2/h10-12,16H,5-9H2,1-4H3;2*1-2H3. The maximum Gasteiger partial charge on any atom is 0.135 e. The van der Waals surface area contributed by atoms with Crippen LogP contribution in [0.25, 0.3) is 0 Å². The topological polar surface area (TPSA) is 17.1 Å². The Morgan fingerprint density at radius 3 is 1.86 bits per heavy atom. The Kier molecular flexibility index (Phi) is 15.6. The number of carbonyl (C=O) groups excluding carboxylic acids is 1. The minimum absolute atomic E-state index is 0.279. The Labute approximate surface area is 139 Å². The van der Waals surface area contributed by atoms with Gasteiger partial charge >= 0.3 is 0 Å². The average molecular weight is 307 g/mol. The van der Waals surface area contributed by atoms with Crippen LogP contribution < -0.4 is 0 Å². The number of benzene rings is 1. The molecule has 0 aliphatic heterocycles. The molecule has 0 aliphatic carbocycles. The van der Waals surface area contributed by atoms with Gasteiger partial charge in [-0.1, -0.05) is 70.9 Å². The summed E-state index contributed by atoms with van der Waals surface area (Å²) in [5, 5.41) is 0. The first-order valence-electron chi connectivity index (χ1n) is 9.16. The molecule has 1 heteroatoms. The van der Waals surface area contributed by atoms with Crippen LogP contribution in [-0.2, 0) is 11.2 Å². The summed E-state index contributed by atoms with van der Waals surface area (Å²) in [6, 6.07) is 6.73. The molecule has 128 valence electrons. The first-order valence-corrected chi connectivity index (χ1v) is 9.16. The van der Waals surface area contributed by atoms with Crippen LogP contribution in [0.3, 0.4) is 0 Å². The highest BCUT2D eigenvalue weighted by atomic mass is 16.1. The number of hydrogen-bond acceptors (Lipinski definition) is 1. The fourth-order valence-corrected chi connectivity index (χ4v) is 2.65. The number of Topliss-reactive ketones (excluding diaryl/α,β-unsaturated/α-hetero) is 1. The zero-order valence-electron chi connectivity index (χ0n) is 16.3. The molecule has 1 nitrogen and oxygen atoms in total. The molecule has 0 radical (unpaired) electrons. The molecule has 0 aliphatic rings. The normalized spacial score (nSPS) is 10.7. The monoisotopic (exact) mass is 306 g/mol.